The SMILES string of the molecule is CCc1ccc(C(=O)NNC(=O)/C=C/c2ccc(F)c(Cl)c2)cc1. The second-order valence-electron chi connectivity index (χ2n) is 5.00. The number of hydrogen-bond donors (Lipinski definition) is 2. The fourth-order valence-corrected chi connectivity index (χ4v) is 2.10. The molecule has 0 bridgehead atoms. The van der Waals surface area contributed by atoms with Crippen LogP contribution in [0.2, 0.25) is 5.02 Å². The fourth-order valence-electron chi connectivity index (χ4n) is 1.91. The third-order valence-electron chi connectivity index (χ3n) is 3.29. The Morgan fingerprint density at radius 1 is 1.12 bits per heavy atom. The summed E-state index contributed by atoms with van der Waals surface area (Å²) in [6.07, 6.45) is 3.56. The topological polar surface area (TPSA) is 58.2 Å². The Balaban J connectivity index is 1.88. The van der Waals surface area contributed by atoms with Gasteiger partial charge in [0, 0.05) is 11.6 Å². The molecule has 0 saturated heterocycles. The summed E-state index contributed by atoms with van der Waals surface area (Å²) in [4.78, 5) is 23.6. The van der Waals surface area contributed by atoms with Crippen LogP contribution in [0.1, 0.15) is 28.4 Å². The highest BCUT2D eigenvalue weighted by atomic mass is 35.5. The van der Waals surface area contributed by atoms with E-state index in [9.17, 15) is 14.0 Å². The van der Waals surface area contributed by atoms with Crippen molar-refractivity contribution in [2.75, 3.05) is 0 Å². The van der Waals surface area contributed by atoms with Crippen molar-refractivity contribution in [1.82, 2.24) is 10.9 Å². The Bertz CT molecular complexity index is 773. The van der Waals surface area contributed by atoms with Crippen LogP contribution in [0.3, 0.4) is 0 Å². The van der Waals surface area contributed by atoms with Crippen LogP contribution in [0.15, 0.2) is 48.5 Å². The molecule has 0 heterocycles. The summed E-state index contributed by atoms with van der Waals surface area (Å²) < 4.78 is 13.0. The molecule has 24 heavy (non-hydrogen) atoms. The van der Waals surface area contributed by atoms with Crippen LogP contribution in [0.5, 0.6) is 0 Å². The standard InChI is InChI=1S/C18H16ClFN2O2/c1-2-12-3-7-14(8-4-12)18(24)22-21-17(23)10-6-13-5-9-16(20)15(19)11-13/h3-11H,2H2,1H3,(H,21,23)(H,22,24)/b10-6+. The number of rotatable bonds is 4. The molecule has 2 amide bonds. The summed E-state index contributed by atoms with van der Waals surface area (Å²) in [6, 6.07) is 11.2. The predicted molar refractivity (Wildman–Crippen MR) is 91.9 cm³/mol. The third-order valence-corrected chi connectivity index (χ3v) is 3.58. The first kappa shape index (κ1) is 17.7. The van der Waals surface area contributed by atoms with Gasteiger partial charge < -0.3 is 0 Å². The van der Waals surface area contributed by atoms with E-state index >= 15 is 0 Å². The molecular formula is C18H16ClFN2O2. The lowest BCUT2D eigenvalue weighted by atomic mass is 10.1. The van der Waals surface area contributed by atoms with Gasteiger partial charge in [-0.1, -0.05) is 36.7 Å². The van der Waals surface area contributed by atoms with Crippen LogP contribution in [-0.2, 0) is 11.2 Å². The van der Waals surface area contributed by atoms with Gasteiger partial charge in [-0.2, -0.15) is 0 Å². The van der Waals surface area contributed by atoms with Crippen molar-refractivity contribution >= 4 is 29.5 Å². The van der Waals surface area contributed by atoms with E-state index in [-0.39, 0.29) is 5.02 Å². The zero-order chi connectivity index (χ0) is 17.5. The van der Waals surface area contributed by atoms with Crippen LogP contribution in [0.25, 0.3) is 6.08 Å². The van der Waals surface area contributed by atoms with Crippen molar-refractivity contribution in [1.29, 1.82) is 0 Å². The molecule has 2 N–H and O–H groups in total. The van der Waals surface area contributed by atoms with E-state index in [1.54, 1.807) is 12.1 Å². The first-order chi connectivity index (χ1) is 11.5. The van der Waals surface area contributed by atoms with Crippen molar-refractivity contribution < 1.29 is 14.0 Å². The van der Waals surface area contributed by atoms with Crippen molar-refractivity contribution in [2.24, 2.45) is 0 Å². The highest BCUT2D eigenvalue weighted by Crippen LogP contribution is 2.16. The van der Waals surface area contributed by atoms with Gasteiger partial charge in [0.05, 0.1) is 5.02 Å². The largest absolute Gasteiger partial charge is 0.269 e. The molecule has 124 valence electrons. The number of halogens is 2. The van der Waals surface area contributed by atoms with Crippen LogP contribution in [-0.4, -0.2) is 11.8 Å². The second kappa shape index (κ2) is 8.26. The average molecular weight is 347 g/mol. The maximum absolute atomic E-state index is 13.0. The molecular weight excluding hydrogens is 331 g/mol. The highest BCUT2D eigenvalue weighted by molar-refractivity contribution is 6.30. The molecule has 0 atom stereocenters. The minimum atomic E-state index is -0.528. The van der Waals surface area contributed by atoms with Crippen LogP contribution in [0.4, 0.5) is 4.39 Å². The lowest BCUT2D eigenvalue weighted by Gasteiger charge is -2.06. The van der Waals surface area contributed by atoms with Gasteiger partial charge in [0.25, 0.3) is 11.8 Å². The van der Waals surface area contributed by atoms with Gasteiger partial charge in [0.2, 0.25) is 0 Å². The first-order valence-corrected chi connectivity index (χ1v) is 7.69. The maximum Gasteiger partial charge on any atom is 0.269 e. The number of carbonyl (C=O) groups excluding carboxylic acids is 2. The molecule has 2 aromatic carbocycles. The van der Waals surface area contributed by atoms with E-state index in [0.717, 1.165) is 12.0 Å². The third kappa shape index (κ3) is 4.93. The number of amides is 2. The number of aryl methyl sites for hydroxylation is 1. The van der Waals surface area contributed by atoms with Gasteiger partial charge in [0.15, 0.2) is 0 Å². The zero-order valence-electron chi connectivity index (χ0n) is 13.0. The van der Waals surface area contributed by atoms with Crippen LogP contribution >= 0.6 is 11.6 Å². The summed E-state index contributed by atoms with van der Waals surface area (Å²) in [5.41, 5.74) is 6.73. The Morgan fingerprint density at radius 3 is 2.46 bits per heavy atom. The Hall–Kier alpha value is -2.66. The lowest BCUT2D eigenvalue weighted by molar-refractivity contribution is -0.117. The molecule has 0 aliphatic heterocycles. The number of hydrogen-bond acceptors (Lipinski definition) is 2. The molecule has 0 radical (unpaired) electrons. The lowest BCUT2D eigenvalue weighted by Crippen LogP contribution is -2.40. The molecule has 0 saturated carbocycles. The monoisotopic (exact) mass is 346 g/mol. The Morgan fingerprint density at radius 2 is 1.83 bits per heavy atom. The van der Waals surface area contributed by atoms with E-state index in [4.69, 9.17) is 11.6 Å². The minimum Gasteiger partial charge on any atom is -0.268 e. The molecule has 2 aromatic rings. The van der Waals surface area contributed by atoms with Crippen molar-refractivity contribution in [3.8, 4) is 0 Å². The van der Waals surface area contributed by atoms with Gasteiger partial charge in [-0.05, 0) is 47.9 Å². The summed E-state index contributed by atoms with van der Waals surface area (Å²) in [5, 5.41) is -0.0265. The van der Waals surface area contributed by atoms with Gasteiger partial charge in [-0.3, -0.25) is 20.4 Å². The van der Waals surface area contributed by atoms with Gasteiger partial charge in [-0.25, -0.2) is 4.39 Å². The normalized spacial score (nSPS) is 10.6. The number of benzene rings is 2. The molecule has 0 fully saturated rings. The van der Waals surface area contributed by atoms with Crippen LogP contribution < -0.4 is 10.9 Å². The van der Waals surface area contributed by atoms with Gasteiger partial charge >= 0.3 is 0 Å². The number of nitrogens with one attached hydrogen (secondary N) is 2. The smallest absolute Gasteiger partial charge is 0.268 e. The van der Waals surface area contributed by atoms with E-state index < -0.39 is 17.6 Å². The molecule has 2 rings (SSSR count). The summed E-state index contributed by atoms with van der Waals surface area (Å²) >= 11 is 5.65. The van der Waals surface area contributed by atoms with E-state index in [2.05, 4.69) is 10.9 Å². The summed E-state index contributed by atoms with van der Waals surface area (Å²) in [7, 11) is 0. The molecule has 4 nitrogen and oxygen atoms in total. The summed E-state index contributed by atoms with van der Waals surface area (Å²) in [6.45, 7) is 2.02. The molecule has 0 aliphatic carbocycles. The van der Waals surface area contributed by atoms with Gasteiger partial charge in [-0.15, -0.1) is 0 Å². The Labute approximate surface area is 144 Å². The predicted octanol–water partition coefficient (Wildman–Crippen LogP) is 3.52. The van der Waals surface area contributed by atoms with Crippen LogP contribution in [0, 0.1) is 5.82 Å². The van der Waals surface area contributed by atoms with E-state index in [0.29, 0.717) is 11.1 Å². The van der Waals surface area contributed by atoms with Gasteiger partial charge in [0.1, 0.15) is 5.82 Å². The molecule has 6 heteroatoms. The minimum absolute atomic E-state index is 0.0265. The first-order valence-electron chi connectivity index (χ1n) is 7.32. The highest BCUT2D eigenvalue weighted by Gasteiger charge is 2.06. The van der Waals surface area contributed by atoms with Crippen molar-refractivity contribution in [2.45, 2.75) is 13.3 Å². The molecule has 0 unspecified atom stereocenters. The second-order valence-corrected chi connectivity index (χ2v) is 5.41. The fraction of sp³-hybridized carbons (Fsp3) is 0.111. The molecule has 0 spiro atoms. The van der Waals surface area contributed by atoms with E-state index in [1.807, 2.05) is 19.1 Å². The maximum atomic E-state index is 13.0. The molecule has 0 aliphatic rings. The molecule has 0 aromatic heterocycles. The quantitative estimate of drug-likeness (QED) is 0.657. The van der Waals surface area contributed by atoms with Crippen molar-refractivity contribution in [3.05, 3.63) is 76.1 Å². The van der Waals surface area contributed by atoms with Crippen molar-refractivity contribution in [3.63, 3.8) is 0 Å². The number of carbonyl (C=O) groups is 2. The Kier molecular flexibility index (Phi) is 6.09. The zero-order valence-corrected chi connectivity index (χ0v) is 13.7. The van der Waals surface area contributed by atoms with E-state index in [1.165, 1.54) is 30.4 Å². The number of hydrazine groups is 1. The average Bonchev–Trinajstić information content (AvgIpc) is 2.60. The summed E-state index contributed by atoms with van der Waals surface area (Å²) in [5.74, 6) is -1.46.